The monoisotopic (exact) mass is 479 g/mol. The van der Waals surface area contributed by atoms with Gasteiger partial charge in [0.15, 0.2) is 11.6 Å². The number of aryl methyl sites for hydroxylation is 1. The minimum absolute atomic E-state index is 0.00607. The van der Waals surface area contributed by atoms with Gasteiger partial charge in [0.25, 0.3) is 0 Å². The molecule has 2 aliphatic rings. The third kappa shape index (κ3) is 5.02. The molecule has 1 aromatic carbocycles. The summed E-state index contributed by atoms with van der Waals surface area (Å²) in [5.41, 5.74) is 1.76. The van der Waals surface area contributed by atoms with Gasteiger partial charge in [-0.3, -0.25) is 19.3 Å². The number of ketones is 1. The largest absolute Gasteiger partial charge is 0.536 e. The van der Waals surface area contributed by atoms with Crippen LogP contribution in [0.2, 0.25) is 5.82 Å². The Labute approximate surface area is 202 Å². The lowest BCUT2D eigenvalue weighted by Gasteiger charge is -2.32. The highest BCUT2D eigenvalue weighted by atomic mass is 16.5. The second kappa shape index (κ2) is 10.2. The quantitative estimate of drug-likeness (QED) is 0.455. The molecule has 3 heterocycles. The van der Waals surface area contributed by atoms with Gasteiger partial charge in [0, 0.05) is 44.3 Å². The molecule has 0 spiro atoms. The van der Waals surface area contributed by atoms with E-state index >= 15 is 0 Å². The molecule has 0 bridgehead atoms. The number of carbonyl (C=O) groups excluding carboxylic acids is 4. The van der Waals surface area contributed by atoms with Crippen molar-refractivity contribution in [3.05, 3.63) is 53.6 Å². The fourth-order valence-electron chi connectivity index (χ4n) is 4.31. The second-order valence-electron chi connectivity index (χ2n) is 8.54. The predicted octanol–water partition coefficient (Wildman–Crippen LogP) is 0.671. The molecule has 1 saturated heterocycles. The molecular formula is C23H26BN5O6. The Bertz CT molecular complexity index is 1150. The van der Waals surface area contributed by atoms with Crippen LogP contribution in [0.1, 0.15) is 36.3 Å². The summed E-state index contributed by atoms with van der Waals surface area (Å²) >= 11 is 0. The number of hydrogen-bond donors (Lipinski definition) is 2. The van der Waals surface area contributed by atoms with E-state index in [0.29, 0.717) is 18.7 Å². The number of carbonyl (C=O) groups is 4. The number of fused-ring (bicyclic) bond motifs is 1. The Morgan fingerprint density at radius 2 is 1.94 bits per heavy atom. The van der Waals surface area contributed by atoms with E-state index in [4.69, 9.17) is 4.65 Å². The van der Waals surface area contributed by atoms with Gasteiger partial charge in [-0.25, -0.2) is 14.8 Å². The summed E-state index contributed by atoms with van der Waals surface area (Å²) in [4.78, 5) is 61.3. The molecule has 12 heteroatoms. The highest BCUT2D eigenvalue weighted by Gasteiger charge is 2.41. The molecular weight excluding hydrogens is 453 g/mol. The van der Waals surface area contributed by atoms with Crippen molar-refractivity contribution >= 4 is 30.7 Å². The van der Waals surface area contributed by atoms with Crippen molar-refractivity contribution in [3.8, 4) is 5.75 Å². The van der Waals surface area contributed by atoms with E-state index in [1.807, 2.05) is 25.1 Å². The van der Waals surface area contributed by atoms with E-state index in [1.54, 1.807) is 13.0 Å². The predicted molar refractivity (Wildman–Crippen MR) is 124 cm³/mol. The summed E-state index contributed by atoms with van der Waals surface area (Å²) in [6.45, 7) is 4.19. The van der Waals surface area contributed by atoms with E-state index in [1.165, 1.54) is 17.3 Å². The zero-order valence-corrected chi connectivity index (χ0v) is 19.5. The molecule has 2 aromatic rings. The third-order valence-electron chi connectivity index (χ3n) is 6.25. The fraction of sp³-hybridized carbons (Fsp3) is 0.391. The highest BCUT2D eigenvalue weighted by molar-refractivity contribution is 6.46. The number of imide groups is 1. The number of benzene rings is 1. The Hall–Kier alpha value is -3.80. The summed E-state index contributed by atoms with van der Waals surface area (Å²) in [5, 5.41) is 13.1. The van der Waals surface area contributed by atoms with E-state index in [0.717, 1.165) is 16.0 Å². The topological polar surface area (TPSA) is 142 Å². The maximum Gasteiger partial charge on any atom is 0.526 e. The molecule has 182 valence electrons. The molecule has 2 N–H and O–H groups in total. The first-order valence-electron chi connectivity index (χ1n) is 11.4. The lowest BCUT2D eigenvalue weighted by atomic mass is 9.64. The minimum Gasteiger partial charge on any atom is -0.536 e. The summed E-state index contributed by atoms with van der Waals surface area (Å²) in [5.74, 6) is -2.10. The first-order valence-corrected chi connectivity index (χ1v) is 11.4. The molecule has 1 unspecified atom stereocenters. The van der Waals surface area contributed by atoms with Gasteiger partial charge in [0.1, 0.15) is 11.8 Å². The smallest absolute Gasteiger partial charge is 0.526 e. The maximum absolute atomic E-state index is 13.4. The van der Waals surface area contributed by atoms with E-state index in [2.05, 4.69) is 15.3 Å². The van der Waals surface area contributed by atoms with Crippen molar-refractivity contribution in [2.75, 3.05) is 19.6 Å². The van der Waals surface area contributed by atoms with Gasteiger partial charge in [0.2, 0.25) is 0 Å². The molecule has 2 atom stereocenters. The van der Waals surface area contributed by atoms with Crippen molar-refractivity contribution in [1.82, 2.24) is 25.1 Å². The van der Waals surface area contributed by atoms with Crippen LogP contribution in [-0.2, 0) is 20.8 Å². The van der Waals surface area contributed by atoms with Crippen LogP contribution in [0.25, 0.3) is 0 Å². The summed E-state index contributed by atoms with van der Waals surface area (Å²) in [6, 6.07) is 5.04. The molecule has 35 heavy (non-hydrogen) atoms. The van der Waals surface area contributed by atoms with Gasteiger partial charge in [-0.1, -0.05) is 18.2 Å². The number of aromatic nitrogens is 2. The standard InChI is InChI=1S/C23H26BN5O6/c1-3-28-10-11-29(22(32)21(28)31)23(33)27-18(20-25-8-5-9-26-20)17(30)13-16-12-15-7-4-6-14(2)19(15)35-24(16)34/h4-9,16,18,34H,3,10-13H2,1-2H3,(H,27,33)/t16-,18?/m1/s1. The lowest BCUT2D eigenvalue weighted by Crippen LogP contribution is -2.58. The second-order valence-corrected chi connectivity index (χ2v) is 8.54. The molecule has 4 rings (SSSR count). The normalized spacial score (nSPS) is 18.6. The van der Waals surface area contributed by atoms with Crippen molar-refractivity contribution in [1.29, 1.82) is 0 Å². The van der Waals surface area contributed by atoms with Crippen molar-refractivity contribution in [2.24, 2.45) is 0 Å². The van der Waals surface area contributed by atoms with Crippen molar-refractivity contribution in [3.63, 3.8) is 0 Å². The number of nitrogens with zero attached hydrogens (tertiary/aromatic N) is 4. The van der Waals surface area contributed by atoms with E-state index < -0.39 is 42.6 Å². The Balaban J connectivity index is 1.51. The Morgan fingerprint density at radius 1 is 1.20 bits per heavy atom. The van der Waals surface area contributed by atoms with Gasteiger partial charge in [-0.2, -0.15) is 0 Å². The summed E-state index contributed by atoms with van der Waals surface area (Å²) < 4.78 is 5.67. The average molecular weight is 479 g/mol. The van der Waals surface area contributed by atoms with Crippen LogP contribution in [0.4, 0.5) is 4.79 Å². The Morgan fingerprint density at radius 3 is 2.66 bits per heavy atom. The molecule has 2 aliphatic heterocycles. The zero-order valence-electron chi connectivity index (χ0n) is 19.5. The van der Waals surface area contributed by atoms with Gasteiger partial charge < -0.3 is 19.9 Å². The molecule has 0 saturated carbocycles. The highest BCUT2D eigenvalue weighted by Crippen LogP contribution is 2.36. The summed E-state index contributed by atoms with van der Waals surface area (Å²) in [6.07, 6.45) is 3.14. The number of likely N-dealkylation sites (N-methyl/N-ethyl adjacent to an activating group) is 1. The molecule has 0 radical (unpaired) electrons. The minimum atomic E-state index is -1.28. The number of amides is 4. The van der Waals surface area contributed by atoms with Crippen LogP contribution in [0.3, 0.4) is 0 Å². The molecule has 0 aliphatic carbocycles. The van der Waals surface area contributed by atoms with E-state index in [9.17, 15) is 24.2 Å². The number of urea groups is 1. The average Bonchev–Trinajstić information content (AvgIpc) is 2.85. The SMILES string of the molecule is CCN1CCN(C(=O)NC(C(=O)C[C@H]2Cc3cccc(C)c3OB2O)c2ncccn2)C(=O)C1=O. The van der Waals surface area contributed by atoms with E-state index in [-0.39, 0.29) is 25.3 Å². The van der Waals surface area contributed by atoms with Crippen LogP contribution in [-0.4, -0.2) is 75.2 Å². The van der Waals surface area contributed by atoms with Crippen LogP contribution in [0.5, 0.6) is 5.75 Å². The lowest BCUT2D eigenvalue weighted by molar-refractivity contribution is -0.153. The van der Waals surface area contributed by atoms with Gasteiger partial charge in [0.05, 0.1) is 0 Å². The van der Waals surface area contributed by atoms with Crippen LogP contribution >= 0.6 is 0 Å². The summed E-state index contributed by atoms with van der Waals surface area (Å²) in [7, 11) is -1.21. The number of nitrogens with one attached hydrogen (secondary N) is 1. The van der Waals surface area contributed by atoms with Gasteiger partial charge in [-0.15, -0.1) is 0 Å². The number of Topliss-reactive ketones (excluding diaryl/α,β-unsaturated/α-hetero) is 1. The van der Waals surface area contributed by atoms with Gasteiger partial charge in [-0.05, 0) is 37.5 Å². The Kier molecular flexibility index (Phi) is 7.11. The van der Waals surface area contributed by atoms with Crippen LogP contribution < -0.4 is 9.97 Å². The number of para-hydroxylation sites is 1. The first-order chi connectivity index (χ1) is 16.8. The zero-order chi connectivity index (χ0) is 25.1. The number of rotatable bonds is 6. The molecule has 11 nitrogen and oxygen atoms in total. The maximum atomic E-state index is 13.4. The third-order valence-corrected chi connectivity index (χ3v) is 6.25. The fourth-order valence-corrected chi connectivity index (χ4v) is 4.31. The van der Waals surface area contributed by atoms with Crippen LogP contribution in [0.15, 0.2) is 36.7 Å². The van der Waals surface area contributed by atoms with Crippen molar-refractivity contribution < 1.29 is 28.9 Å². The first kappa shape index (κ1) is 24.3. The molecule has 1 fully saturated rings. The van der Waals surface area contributed by atoms with Gasteiger partial charge >= 0.3 is 25.0 Å². The number of piperazine rings is 1. The van der Waals surface area contributed by atoms with Crippen molar-refractivity contribution in [2.45, 2.75) is 38.5 Å². The molecule has 1 aromatic heterocycles. The van der Waals surface area contributed by atoms with Crippen LogP contribution in [0, 0.1) is 6.92 Å². The molecule has 4 amide bonds. The number of hydrogen-bond acceptors (Lipinski definition) is 8.